The molecule has 0 aliphatic rings. The molecule has 0 aliphatic heterocycles. The summed E-state index contributed by atoms with van der Waals surface area (Å²) in [5.41, 5.74) is 3.65. The number of esters is 1. The second kappa shape index (κ2) is 7.31. The fourth-order valence-electron chi connectivity index (χ4n) is 2.89. The highest BCUT2D eigenvalue weighted by Gasteiger charge is 2.20. The quantitative estimate of drug-likeness (QED) is 0.709. The summed E-state index contributed by atoms with van der Waals surface area (Å²) < 4.78 is 11.8. The van der Waals surface area contributed by atoms with Gasteiger partial charge in [0.1, 0.15) is 18.0 Å². The Hall–Kier alpha value is -3.28. The number of amides is 1. The van der Waals surface area contributed by atoms with Crippen molar-refractivity contribution in [2.75, 3.05) is 12.4 Å². The molecule has 6 nitrogen and oxygen atoms in total. The number of hydrogen-bond acceptors (Lipinski definition) is 4. The van der Waals surface area contributed by atoms with Gasteiger partial charge in [-0.1, -0.05) is 18.2 Å². The van der Waals surface area contributed by atoms with E-state index >= 15 is 0 Å². The van der Waals surface area contributed by atoms with Gasteiger partial charge in [-0.25, -0.2) is 4.79 Å². The fraction of sp³-hybridized carbons (Fsp3) is 0.200. The van der Waals surface area contributed by atoms with E-state index in [4.69, 9.17) is 9.15 Å². The van der Waals surface area contributed by atoms with Crippen molar-refractivity contribution in [2.45, 2.75) is 20.4 Å². The number of methoxy groups -OCH3 is 1. The van der Waals surface area contributed by atoms with Crippen molar-refractivity contribution >= 4 is 17.6 Å². The highest BCUT2D eigenvalue weighted by atomic mass is 16.5. The molecule has 0 unspecified atom stereocenters. The maximum Gasteiger partial charge on any atom is 0.354 e. The highest BCUT2D eigenvalue weighted by molar-refractivity contribution is 5.94. The van der Waals surface area contributed by atoms with Crippen LogP contribution in [0.15, 0.2) is 53.1 Å². The van der Waals surface area contributed by atoms with Gasteiger partial charge < -0.3 is 19.0 Å². The first-order valence-electron chi connectivity index (χ1n) is 8.19. The topological polar surface area (TPSA) is 73.5 Å². The molecule has 134 valence electrons. The van der Waals surface area contributed by atoms with E-state index in [0.29, 0.717) is 11.5 Å². The SMILES string of the molecule is COC(=O)c1ccc(-c2ccco2)n1CC(=O)Nc1c(C)cccc1C. The molecule has 0 saturated carbocycles. The van der Waals surface area contributed by atoms with Gasteiger partial charge in [-0.15, -0.1) is 0 Å². The summed E-state index contributed by atoms with van der Waals surface area (Å²) in [6, 6.07) is 12.7. The van der Waals surface area contributed by atoms with Crippen LogP contribution in [0.2, 0.25) is 0 Å². The van der Waals surface area contributed by atoms with Crippen molar-refractivity contribution in [2.24, 2.45) is 0 Å². The number of carbonyl (C=O) groups is 2. The third-order valence-electron chi connectivity index (χ3n) is 4.20. The Morgan fingerprint density at radius 3 is 2.42 bits per heavy atom. The number of nitrogens with zero attached hydrogens (tertiary/aromatic N) is 1. The number of rotatable bonds is 5. The molecule has 0 atom stereocenters. The number of hydrogen-bond donors (Lipinski definition) is 1. The number of benzene rings is 1. The van der Waals surface area contributed by atoms with Crippen molar-refractivity contribution in [3.63, 3.8) is 0 Å². The number of para-hydroxylation sites is 1. The third kappa shape index (κ3) is 3.39. The fourth-order valence-corrected chi connectivity index (χ4v) is 2.89. The van der Waals surface area contributed by atoms with Gasteiger partial charge in [-0.3, -0.25) is 4.79 Å². The average molecular weight is 352 g/mol. The molecule has 3 rings (SSSR count). The number of aromatic nitrogens is 1. The maximum absolute atomic E-state index is 12.7. The number of furan rings is 1. The predicted molar refractivity (Wildman–Crippen MR) is 98.0 cm³/mol. The van der Waals surface area contributed by atoms with Gasteiger partial charge in [0.25, 0.3) is 0 Å². The summed E-state index contributed by atoms with van der Waals surface area (Å²) in [6.07, 6.45) is 1.54. The Morgan fingerprint density at radius 1 is 1.08 bits per heavy atom. The van der Waals surface area contributed by atoms with E-state index in [0.717, 1.165) is 16.8 Å². The van der Waals surface area contributed by atoms with Gasteiger partial charge in [0, 0.05) is 5.69 Å². The molecule has 0 bridgehead atoms. The van der Waals surface area contributed by atoms with Crippen molar-refractivity contribution in [1.82, 2.24) is 4.57 Å². The molecule has 0 saturated heterocycles. The van der Waals surface area contributed by atoms with Crippen LogP contribution in [0.4, 0.5) is 5.69 Å². The summed E-state index contributed by atoms with van der Waals surface area (Å²) in [5, 5.41) is 2.93. The number of carbonyl (C=O) groups excluding carboxylic acids is 2. The van der Waals surface area contributed by atoms with Crippen LogP contribution in [0, 0.1) is 13.8 Å². The number of aryl methyl sites for hydroxylation is 2. The zero-order valence-corrected chi connectivity index (χ0v) is 14.9. The van der Waals surface area contributed by atoms with E-state index < -0.39 is 5.97 Å². The Labute approximate surface area is 151 Å². The van der Waals surface area contributed by atoms with Gasteiger partial charge in [0.2, 0.25) is 5.91 Å². The lowest BCUT2D eigenvalue weighted by atomic mass is 10.1. The molecule has 2 heterocycles. The smallest absolute Gasteiger partial charge is 0.354 e. The normalized spacial score (nSPS) is 10.6. The Balaban J connectivity index is 1.92. The van der Waals surface area contributed by atoms with E-state index in [1.807, 2.05) is 32.0 Å². The Kier molecular flexibility index (Phi) is 4.93. The largest absolute Gasteiger partial charge is 0.464 e. The molecule has 1 N–H and O–H groups in total. The maximum atomic E-state index is 12.7. The summed E-state index contributed by atoms with van der Waals surface area (Å²) in [6.45, 7) is 3.83. The van der Waals surface area contributed by atoms with Crippen LogP contribution in [0.25, 0.3) is 11.5 Å². The van der Waals surface area contributed by atoms with Crippen LogP contribution in [0.5, 0.6) is 0 Å². The number of anilines is 1. The third-order valence-corrected chi connectivity index (χ3v) is 4.20. The average Bonchev–Trinajstić information content (AvgIpc) is 3.27. The van der Waals surface area contributed by atoms with Crippen molar-refractivity contribution in [3.05, 3.63) is 65.5 Å². The lowest BCUT2D eigenvalue weighted by molar-refractivity contribution is -0.116. The lowest BCUT2D eigenvalue weighted by Crippen LogP contribution is -2.23. The van der Waals surface area contributed by atoms with Crippen molar-refractivity contribution in [1.29, 1.82) is 0 Å². The standard InChI is InChI=1S/C20H20N2O4/c1-13-6-4-7-14(2)19(13)21-18(23)12-22-15(17-8-5-11-26-17)9-10-16(22)20(24)25-3/h4-11H,12H2,1-3H3,(H,21,23). The van der Waals surface area contributed by atoms with E-state index in [1.165, 1.54) is 7.11 Å². The Bertz CT molecular complexity index is 919. The minimum Gasteiger partial charge on any atom is -0.464 e. The summed E-state index contributed by atoms with van der Waals surface area (Å²) >= 11 is 0. The minimum absolute atomic E-state index is 0.0404. The zero-order chi connectivity index (χ0) is 18.7. The summed E-state index contributed by atoms with van der Waals surface area (Å²) in [7, 11) is 1.31. The molecule has 2 aromatic heterocycles. The molecule has 1 amide bonds. The molecule has 0 radical (unpaired) electrons. The first kappa shape index (κ1) is 17.5. The summed E-state index contributed by atoms with van der Waals surface area (Å²) in [4.78, 5) is 24.7. The monoisotopic (exact) mass is 352 g/mol. The van der Waals surface area contributed by atoms with Gasteiger partial charge in [-0.2, -0.15) is 0 Å². The lowest BCUT2D eigenvalue weighted by Gasteiger charge is -2.14. The molecule has 1 aromatic carbocycles. The molecular weight excluding hydrogens is 332 g/mol. The van der Waals surface area contributed by atoms with Gasteiger partial charge >= 0.3 is 5.97 Å². The van der Waals surface area contributed by atoms with Crippen LogP contribution in [-0.2, 0) is 16.1 Å². The van der Waals surface area contributed by atoms with Crippen LogP contribution in [0.1, 0.15) is 21.6 Å². The van der Waals surface area contributed by atoms with Crippen LogP contribution in [-0.4, -0.2) is 23.6 Å². The summed E-state index contributed by atoms with van der Waals surface area (Å²) in [5.74, 6) is -0.181. The molecular formula is C20H20N2O4. The first-order valence-corrected chi connectivity index (χ1v) is 8.19. The molecule has 26 heavy (non-hydrogen) atoms. The first-order chi connectivity index (χ1) is 12.5. The highest BCUT2D eigenvalue weighted by Crippen LogP contribution is 2.24. The zero-order valence-electron chi connectivity index (χ0n) is 14.9. The van der Waals surface area contributed by atoms with Gasteiger partial charge in [0.15, 0.2) is 0 Å². The molecule has 0 aliphatic carbocycles. The minimum atomic E-state index is -0.511. The number of ether oxygens (including phenoxy) is 1. The molecule has 3 aromatic rings. The van der Waals surface area contributed by atoms with Crippen molar-refractivity contribution in [3.8, 4) is 11.5 Å². The number of nitrogens with one attached hydrogen (secondary N) is 1. The van der Waals surface area contributed by atoms with Crippen LogP contribution in [0.3, 0.4) is 0 Å². The Morgan fingerprint density at radius 2 is 1.81 bits per heavy atom. The van der Waals surface area contributed by atoms with E-state index in [-0.39, 0.29) is 18.1 Å². The van der Waals surface area contributed by atoms with Gasteiger partial charge in [0.05, 0.1) is 19.1 Å². The van der Waals surface area contributed by atoms with E-state index in [2.05, 4.69) is 5.32 Å². The van der Waals surface area contributed by atoms with E-state index in [1.54, 1.807) is 35.1 Å². The molecule has 0 fully saturated rings. The second-order valence-corrected chi connectivity index (χ2v) is 5.97. The van der Waals surface area contributed by atoms with Gasteiger partial charge in [-0.05, 0) is 49.2 Å². The van der Waals surface area contributed by atoms with Crippen LogP contribution >= 0.6 is 0 Å². The second-order valence-electron chi connectivity index (χ2n) is 5.97. The van der Waals surface area contributed by atoms with E-state index in [9.17, 15) is 9.59 Å². The molecule has 0 spiro atoms. The predicted octanol–water partition coefficient (Wildman–Crippen LogP) is 3.79. The van der Waals surface area contributed by atoms with Crippen LogP contribution < -0.4 is 5.32 Å². The van der Waals surface area contributed by atoms with Crippen molar-refractivity contribution < 1.29 is 18.7 Å². The molecule has 6 heteroatoms.